The largest absolute Gasteiger partial charge is 0.478 e. The van der Waals surface area contributed by atoms with Crippen LogP contribution in [0.2, 0.25) is 0 Å². The number of aromatic carboxylic acids is 1. The van der Waals surface area contributed by atoms with Crippen LogP contribution in [0.5, 0.6) is 0 Å². The maximum Gasteiger partial charge on any atom is 0.433 e. The van der Waals surface area contributed by atoms with Gasteiger partial charge in [-0.25, -0.2) is 9.78 Å². The van der Waals surface area contributed by atoms with E-state index in [0.29, 0.717) is 6.07 Å². The molecule has 1 N–H and O–H groups in total. The summed E-state index contributed by atoms with van der Waals surface area (Å²) >= 11 is 0. The summed E-state index contributed by atoms with van der Waals surface area (Å²) in [5.74, 6) is -1.28. The van der Waals surface area contributed by atoms with Gasteiger partial charge in [0, 0.05) is 5.41 Å². The Morgan fingerprint density at radius 3 is 2.12 bits per heavy atom. The highest BCUT2D eigenvalue weighted by Gasteiger charge is 2.35. The molecule has 0 radical (unpaired) electrons. The van der Waals surface area contributed by atoms with Crippen molar-refractivity contribution in [2.45, 2.75) is 32.4 Å². The second-order valence-electron chi connectivity index (χ2n) is 4.65. The van der Waals surface area contributed by atoms with Crippen LogP contribution in [0.25, 0.3) is 0 Å². The third kappa shape index (κ3) is 2.95. The Morgan fingerprint density at radius 2 is 1.76 bits per heavy atom. The molecule has 6 heteroatoms. The maximum absolute atomic E-state index is 12.5. The van der Waals surface area contributed by atoms with Gasteiger partial charge < -0.3 is 5.11 Å². The number of pyridine rings is 1. The van der Waals surface area contributed by atoms with E-state index in [-0.39, 0.29) is 11.3 Å². The summed E-state index contributed by atoms with van der Waals surface area (Å²) in [5.41, 5.74) is -2.12. The van der Waals surface area contributed by atoms with Crippen LogP contribution in [0.15, 0.2) is 12.1 Å². The average molecular weight is 247 g/mol. The lowest BCUT2D eigenvalue weighted by Gasteiger charge is -2.21. The van der Waals surface area contributed by atoms with E-state index < -0.39 is 23.3 Å². The second kappa shape index (κ2) is 4.01. The minimum atomic E-state index is -4.57. The first-order chi connectivity index (χ1) is 7.53. The van der Waals surface area contributed by atoms with Gasteiger partial charge in [0.2, 0.25) is 0 Å². The summed E-state index contributed by atoms with van der Waals surface area (Å²) in [6.45, 7) is 4.84. The third-order valence-corrected chi connectivity index (χ3v) is 2.13. The number of hydrogen-bond acceptors (Lipinski definition) is 2. The number of carboxylic acid groups (broad SMARTS) is 1. The number of aromatic nitrogens is 1. The molecule has 0 spiro atoms. The first-order valence-corrected chi connectivity index (χ1v) is 4.85. The van der Waals surface area contributed by atoms with Crippen molar-refractivity contribution in [3.63, 3.8) is 0 Å². The topological polar surface area (TPSA) is 50.2 Å². The number of halogens is 3. The first-order valence-electron chi connectivity index (χ1n) is 4.85. The molecule has 0 saturated heterocycles. The minimum absolute atomic E-state index is 0.0696. The minimum Gasteiger partial charge on any atom is -0.478 e. The van der Waals surface area contributed by atoms with Crippen molar-refractivity contribution in [3.05, 3.63) is 29.1 Å². The van der Waals surface area contributed by atoms with Crippen molar-refractivity contribution in [2.24, 2.45) is 0 Å². The van der Waals surface area contributed by atoms with E-state index in [9.17, 15) is 18.0 Å². The monoisotopic (exact) mass is 247 g/mol. The molecular weight excluding hydrogens is 235 g/mol. The van der Waals surface area contributed by atoms with Crippen LogP contribution < -0.4 is 0 Å². The molecule has 0 atom stereocenters. The Bertz CT molecular complexity index is 447. The van der Waals surface area contributed by atoms with Crippen molar-refractivity contribution < 1.29 is 23.1 Å². The highest BCUT2D eigenvalue weighted by molar-refractivity contribution is 5.89. The lowest BCUT2D eigenvalue weighted by Crippen LogP contribution is -2.22. The van der Waals surface area contributed by atoms with Crippen LogP contribution in [0.1, 0.15) is 42.5 Å². The van der Waals surface area contributed by atoms with Crippen molar-refractivity contribution in [1.82, 2.24) is 4.98 Å². The molecule has 0 fully saturated rings. The quantitative estimate of drug-likeness (QED) is 0.829. The smallest absolute Gasteiger partial charge is 0.433 e. The Morgan fingerprint density at radius 1 is 1.24 bits per heavy atom. The maximum atomic E-state index is 12.5. The zero-order valence-electron chi connectivity index (χ0n) is 9.59. The van der Waals surface area contributed by atoms with Crippen LogP contribution >= 0.6 is 0 Å². The summed E-state index contributed by atoms with van der Waals surface area (Å²) in [5, 5.41) is 8.90. The molecule has 0 aliphatic heterocycles. The van der Waals surface area contributed by atoms with Crippen molar-refractivity contribution in [2.75, 3.05) is 0 Å². The summed E-state index contributed by atoms with van der Waals surface area (Å²) in [7, 11) is 0. The molecule has 1 aromatic rings. The van der Waals surface area contributed by atoms with Gasteiger partial charge in [-0.3, -0.25) is 0 Å². The SMILES string of the molecule is CC(C)(C)c1nc(C(F)(F)F)ccc1C(=O)O. The Kier molecular flexibility index (Phi) is 3.18. The molecule has 1 heterocycles. The highest BCUT2D eigenvalue weighted by atomic mass is 19.4. The molecule has 1 aromatic heterocycles. The van der Waals surface area contributed by atoms with E-state index in [1.165, 1.54) is 0 Å². The number of alkyl halides is 3. The van der Waals surface area contributed by atoms with Crippen LogP contribution in [0, 0.1) is 0 Å². The van der Waals surface area contributed by atoms with Gasteiger partial charge in [-0.2, -0.15) is 13.2 Å². The number of carbonyl (C=O) groups is 1. The van der Waals surface area contributed by atoms with Crippen LogP contribution in [0.3, 0.4) is 0 Å². The molecule has 0 unspecified atom stereocenters. The summed E-state index contributed by atoms with van der Waals surface area (Å²) < 4.78 is 37.4. The number of hydrogen-bond donors (Lipinski definition) is 1. The molecule has 17 heavy (non-hydrogen) atoms. The molecule has 0 aromatic carbocycles. The summed E-state index contributed by atoms with van der Waals surface area (Å²) in [4.78, 5) is 14.3. The molecule has 3 nitrogen and oxygen atoms in total. The number of rotatable bonds is 1. The fourth-order valence-electron chi connectivity index (χ4n) is 1.36. The molecular formula is C11H12F3NO2. The Hall–Kier alpha value is -1.59. The molecule has 94 valence electrons. The Labute approximate surface area is 96.3 Å². The van der Waals surface area contributed by atoms with Gasteiger partial charge in [0.25, 0.3) is 0 Å². The Balaban J connectivity index is 3.46. The zero-order chi connectivity index (χ0) is 13.4. The zero-order valence-corrected chi connectivity index (χ0v) is 9.59. The highest BCUT2D eigenvalue weighted by Crippen LogP contribution is 2.31. The number of nitrogens with zero attached hydrogens (tertiary/aromatic N) is 1. The van der Waals surface area contributed by atoms with Gasteiger partial charge in [-0.15, -0.1) is 0 Å². The normalized spacial score (nSPS) is 12.6. The fraction of sp³-hybridized carbons (Fsp3) is 0.455. The lowest BCUT2D eigenvalue weighted by atomic mass is 9.88. The van der Waals surface area contributed by atoms with Gasteiger partial charge in [0.05, 0.1) is 11.3 Å². The van der Waals surface area contributed by atoms with Crippen LogP contribution in [-0.2, 0) is 11.6 Å². The van der Waals surface area contributed by atoms with Crippen molar-refractivity contribution >= 4 is 5.97 Å². The predicted molar refractivity (Wildman–Crippen MR) is 54.9 cm³/mol. The summed E-state index contributed by atoms with van der Waals surface area (Å²) in [6.07, 6.45) is -4.57. The molecule has 0 aliphatic carbocycles. The standard InChI is InChI=1S/C11H12F3NO2/c1-10(2,3)8-6(9(16)17)4-5-7(15-8)11(12,13)14/h4-5H,1-3H3,(H,16,17). The van der Waals surface area contributed by atoms with Gasteiger partial charge in [0.15, 0.2) is 0 Å². The molecule has 0 aliphatic rings. The van der Waals surface area contributed by atoms with Gasteiger partial charge >= 0.3 is 12.1 Å². The van der Waals surface area contributed by atoms with Gasteiger partial charge in [0.1, 0.15) is 5.69 Å². The van der Waals surface area contributed by atoms with E-state index in [4.69, 9.17) is 5.11 Å². The molecule has 0 saturated carbocycles. The van der Waals surface area contributed by atoms with E-state index >= 15 is 0 Å². The fourth-order valence-corrected chi connectivity index (χ4v) is 1.36. The lowest BCUT2D eigenvalue weighted by molar-refractivity contribution is -0.141. The molecule has 0 amide bonds. The van der Waals surface area contributed by atoms with E-state index in [2.05, 4.69) is 4.98 Å². The predicted octanol–water partition coefficient (Wildman–Crippen LogP) is 3.10. The van der Waals surface area contributed by atoms with Crippen molar-refractivity contribution in [1.29, 1.82) is 0 Å². The molecule has 1 rings (SSSR count). The second-order valence-corrected chi connectivity index (χ2v) is 4.65. The van der Waals surface area contributed by atoms with Gasteiger partial charge in [-0.1, -0.05) is 20.8 Å². The van der Waals surface area contributed by atoms with Crippen LogP contribution in [-0.4, -0.2) is 16.1 Å². The van der Waals surface area contributed by atoms with Crippen LogP contribution in [0.4, 0.5) is 13.2 Å². The average Bonchev–Trinajstić information content (AvgIpc) is 2.14. The van der Waals surface area contributed by atoms with E-state index in [1.54, 1.807) is 20.8 Å². The van der Waals surface area contributed by atoms with E-state index in [0.717, 1.165) is 6.07 Å². The third-order valence-electron chi connectivity index (χ3n) is 2.13. The number of carboxylic acids is 1. The van der Waals surface area contributed by atoms with Gasteiger partial charge in [-0.05, 0) is 12.1 Å². The molecule has 0 bridgehead atoms. The van der Waals surface area contributed by atoms with Crippen molar-refractivity contribution in [3.8, 4) is 0 Å². The summed E-state index contributed by atoms with van der Waals surface area (Å²) in [6, 6.07) is 1.62. The van der Waals surface area contributed by atoms with E-state index in [1.807, 2.05) is 0 Å². The first kappa shape index (κ1) is 13.5.